The zero-order valence-electron chi connectivity index (χ0n) is 9.07. The van der Waals surface area contributed by atoms with Crippen LogP contribution in [0.2, 0.25) is 0 Å². The van der Waals surface area contributed by atoms with E-state index in [9.17, 15) is 8.42 Å². The molecule has 4 nitrogen and oxygen atoms in total. The summed E-state index contributed by atoms with van der Waals surface area (Å²) in [6.07, 6.45) is 0. The Bertz CT molecular complexity index is 466. The summed E-state index contributed by atoms with van der Waals surface area (Å²) in [7, 11) is -3.64. The van der Waals surface area contributed by atoms with Crippen LogP contribution < -0.4 is 9.88 Å². The largest absolute Gasteiger partial charge is 0.494 e. The summed E-state index contributed by atoms with van der Waals surface area (Å²) < 4.78 is 27.8. The van der Waals surface area contributed by atoms with Crippen LogP contribution in [-0.4, -0.2) is 15.0 Å². The molecule has 0 atom stereocenters. The molecule has 0 aliphatic heterocycles. The van der Waals surface area contributed by atoms with Crippen molar-refractivity contribution >= 4 is 10.0 Å². The number of rotatable bonds is 3. The fourth-order valence-corrected chi connectivity index (χ4v) is 2.23. The Hall–Kier alpha value is -1.07. The predicted octanol–water partition coefficient (Wildman–Crippen LogP) is 1.35. The second-order valence-corrected chi connectivity index (χ2v) is 4.82. The average Bonchev–Trinajstić information content (AvgIpc) is 2.11. The Morgan fingerprint density at radius 1 is 1.27 bits per heavy atom. The molecule has 0 aliphatic carbocycles. The van der Waals surface area contributed by atoms with Crippen LogP contribution in [0.3, 0.4) is 0 Å². The van der Waals surface area contributed by atoms with Gasteiger partial charge in [-0.05, 0) is 44.0 Å². The van der Waals surface area contributed by atoms with Crippen molar-refractivity contribution in [2.24, 2.45) is 5.14 Å². The zero-order valence-corrected chi connectivity index (χ0v) is 9.89. The summed E-state index contributed by atoms with van der Waals surface area (Å²) in [5.74, 6) is 0.697. The molecule has 5 heteroatoms. The van der Waals surface area contributed by atoms with Crippen molar-refractivity contribution in [3.05, 3.63) is 23.3 Å². The minimum atomic E-state index is -3.64. The topological polar surface area (TPSA) is 69.4 Å². The van der Waals surface area contributed by atoms with Crippen molar-refractivity contribution < 1.29 is 13.2 Å². The van der Waals surface area contributed by atoms with Crippen LogP contribution in [0.15, 0.2) is 17.0 Å². The average molecular weight is 229 g/mol. The van der Waals surface area contributed by atoms with Crippen LogP contribution in [0, 0.1) is 13.8 Å². The molecule has 0 heterocycles. The number of hydrogen-bond donors (Lipinski definition) is 1. The molecule has 0 bridgehead atoms. The van der Waals surface area contributed by atoms with E-state index in [1.807, 2.05) is 13.8 Å². The summed E-state index contributed by atoms with van der Waals surface area (Å²) in [4.78, 5) is 0.156. The highest BCUT2D eigenvalue weighted by Gasteiger charge is 2.15. The Labute approximate surface area is 90.1 Å². The van der Waals surface area contributed by atoms with Crippen LogP contribution in [0.5, 0.6) is 5.75 Å². The first-order valence-corrected chi connectivity index (χ1v) is 6.18. The summed E-state index contributed by atoms with van der Waals surface area (Å²) in [6, 6.07) is 3.11. The van der Waals surface area contributed by atoms with E-state index in [4.69, 9.17) is 9.88 Å². The first-order chi connectivity index (χ1) is 6.88. The highest BCUT2D eigenvalue weighted by molar-refractivity contribution is 7.89. The van der Waals surface area contributed by atoms with Gasteiger partial charge in [-0.25, -0.2) is 13.6 Å². The fourth-order valence-electron chi connectivity index (χ4n) is 1.39. The van der Waals surface area contributed by atoms with E-state index in [1.54, 1.807) is 13.0 Å². The van der Waals surface area contributed by atoms with Crippen LogP contribution in [0.25, 0.3) is 0 Å². The number of hydrogen-bond acceptors (Lipinski definition) is 3. The minimum absolute atomic E-state index is 0.156. The first-order valence-electron chi connectivity index (χ1n) is 4.63. The molecule has 0 amide bonds. The Morgan fingerprint density at radius 3 is 2.33 bits per heavy atom. The van der Waals surface area contributed by atoms with Gasteiger partial charge in [0.1, 0.15) is 5.75 Å². The van der Waals surface area contributed by atoms with E-state index in [0.29, 0.717) is 17.9 Å². The third kappa shape index (κ3) is 2.49. The predicted molar refractivity (Wildman–Crippen MR) is 58.5 cm³/mol. The van der Waals surface area contributed by atoms with Gasteiger partial charge in [-0.1, -0.05) is 0 Å². The lowest BCUT2D eigenvalue weighted by molar-refractivity contribution is 0.337. The number of primary sulfonamides is 1. The maximum atomic E-state index is 11.2. The van der Waals surface area contributed by atoms with Gasteiger partial charge in [0.2, 0.25) is 10.0 Å². The lowest BCUT2D eigenvalue weighted by Gasteiger charge is -2.12. The molecule has 84 valence electrons. The molecular weight excluding hydrogens is 214 g/mol. The van der Waals surface area contributed by atoms with E-state index in [0.717, 1.165) is 5.56 Å². The Balaban J connectivity index is 3.34. The number of benzene rings is 1. The molecule has 1 aromatic rings. The van der Waals surface area contributed by atoms with Crippen molar-refractivity contribution in [1.82, 2.24) is 0 Å². The Kier molecular flexibility index (Phi) is 3.36. The maximum absolute atomic E-state index is 11.2. The van der Waals surface area contributed by atoms with E-state index in [2.05, 4.69) is 0 Å². The van der Waals surface area contributed by atoms with Gasteiger partial charge in [-0.3, -0.25) is 0 Å². The molecule has 0 spiro atoms. The molecule has 0 aliphatic rings. The second-order valence-electron chi connectivity index (χ2n) is 3.29. The number of sulfonamides is 1. The molecule has 0 aromatic heterocycles. The van der Waals surface area contributed by atoms with E-state index >= 15 is 0 Å². The molecule has 0 fully saturated rings. The summed E-state index contributed by atoms with van der Waals surface area (Å²) in [5.41, 5.74) is 1.45. The molecule has 0 radical (unpaired) electrons. The van der Waals surface area contributed by atoms with Gasteiger partial charge in [-0.15, -0.1) is 0 Å². The molecule has 0 saturated carbocycles. The molecule has 1 aromatic carbocycles. The number of ether oxygens (including phenoxy) is 1. The van der Waals surface area contributed by atoms with Crippen molar-refractivity contribution in [3.63, 3.8) is 0 Å². The Morgan fingerprint density at radius 2 is 1.87 bits per heavy atom. The van der Waals surface area contributed by atoms with Crippen molar-refractivity contribution in [3.8, 4) is 5.75 Å². The molecule has 2 N–H and O–H groups in total. The standard InChI is InChI=1S/C10H15NO3S/c1-4-14-9-5-6-10(15(11,12)13)8(3)7(9)2/h5-6H,4H2,1-3H3,(H2,11,12,13). The molecule has 0 saturated heterocycles. The van der Waals surface area contributed by atoms with Gasteiger partial charge in [0.25, 0.3) is 0 Å². The van der Waals surface area contributed by atoms with Gasteiger partial charge in [0.05, 0.1) is 11.5 Å². The smallest absolute Gasteiger partial charge is 0.238 e. The third-order valence-electron chi connectivity index (χ3n) is 2.29. The van der Waals surface area contributed by atoms with E-state index < -0.39 is 10.0 Å². The number of nitrogens with two attached hydrogens (primary N) is 1. The van der Waals surface area contributed by atoms with E-state index in [-0.39, 0.29) is 4.90 Å². The summed E-state index contributed by atoms with van der Waals surface area (Å²) >= 11 is 0. The highest BCUT2D eigenvalue weighted by atomic mass is 32.2. The van der Waals surface area contributed by atoms with Crippen molar-refractivity contribution in [1.29, 1.82) is 0 Å². The van der Waals surface area contributed by atoms with Gasteiger partial charge < -0.3 is 4.74 Å². The molecule has 1 rings (SSSR count). The highest BCUT2D eigenvalue weighted by Crippen LogP contribution is 2.26. The lowest BCUT2D eigenvalue weighted by Crippen LogP contribution is -2.14. The van der Waals surface area contributed by atoms with Crippen LogP contribution in [0.4, 0.5) is 0 Å². The molecule has 0 unspecified atom stereocenters. The summed E-state index contributed by atoms with van der Waals surface area (Å²) in [6.45, 7) is 5.96. The van der Waals surface area contributed by atoms with Gasteiger partial charge in [0.15, 0.2) is 0 Å². The quantitative estimate of drug-likeness (QED) is 0.850. The van der Waals surface area contributed by atoms with Crippen LogP contribution in [0.1, 0.15) is 18.1 Å². The molecule has 15 heavy (non-hydrogen) atoms. The van der Waals surface area contributed by atoms with Gasteiger partial charge in [-0.2, -0.15) is 0 Å². The van der Waals surface area contributed by atoms with Crippen molar-refractivity contribution in [2.75, 3.05) is 6.61 Å². The lowest BCUT2D eigenvalue weighted by atomic mass is 10.1. The van der Waals surface area contributed by atoms with Crippen molar-refractivity contribution in [2.45, 2.75) is 25.7 Å². The second kappa shape index (κ2) is 4.20. The molecular formula is C10H15NO3S. The monoisotopic (exact) mass is 229 g/mol. The summed E-state index contributed by atoms with van der Waals surface area (Å²) in [5, 5.41) is 5.08. The fraction of sp³-hybridized carbons (Fsp3) is 0.400. The van der Waals surface area contributed by atoms with E-state index in [1.165, 1.54) is 6.07 Å². The SMILES string of the molecule is CCOc1ccc(S(N)(=O)=O)c(C)c1C. The van der Waals surface area contributed by atoms with Crippen LogP contribution in [-0.2, 0) is 10.0 Å². The normalized spacial score (nSPS) is 11.5. The first kappa shape index (κ1) is 12.0. The van der Waals surface area contributed by atoms with Gasteiger partial charge >= 0.3 is 0 Å². The van der Waals surface area contributed by atoms with Crippen LogP contribution >= 0.6 is 0 Å². The maximum Gasteiger partial charge on any atom is 0.238 e. The minimum Gasteiger partial charge on any atom is -0.494 e. The third-order valence-corrected chi connectivity index (χ3v) is 3.35. The van der Waals surface area contributed by atoms with Gasteiger partial charge in [0, 0.05) is 0 Å². The zero-order chi connectivity index (χ0) is 11.6.